The Morgan fingerprint density at radius 2 is 2.08 bits per heavy atom. The molecule has 3 aromatic rings. The molecule has 0 saturated carbocycles. The molecule has 0 saturated heterocycles. The zero-order valence-electron chi connectivity index (χ0n) is 12.8. The van der Waals surface area contributed by atoms with E-state index in [0.29, 0.717) is 5.56 Å². The van der Waals surface area contributed by atoms with Crippen LogP contribution >= 0.6 is 0 Å². The van der Waals surface area contributed by atoms with Gasteiger partial charge in [0.1, 0.15) is 5.52 Å². The second-order valence-corrected chi connectivity index (χ2v) is 5.12. The summed E-state index contributed by atoms with van der Waals surface area (Å²) in [5.41, 5.74) is 0.592. The van der Waals surface area contributed by atoms with Crippen molar-refractivity contribution in [3.05, 3.63) is 52.1 Å². The summed E-state index contributed by atoms with van der Waals surface area (Å²) in [6.45, 7) is 0.0790. The topological polar surface area (TPSA) is 98.8 Å². The summed E-state index contributed by atoms with van der Waals surface area (Å²) in [5.74, 6) is -1.33. The molecule has 0 aliphatic heterocycles. The van der Waals surface area contributed by atoms with E-state index >= 15 is 0 Å². The second kappa shape index (κ2) is 6.00. The molecular formula is C14H11F3N6O2. The number of hydrogen-bond acceptors (Lipinski definition) is 6. The van der Waals surface area contributed by atoms with Gasteiger partial charge in [0.15, 0.2) is 11.5 Å². The molecule has 1 N–H and O–H groups in total. The molecule has 25 heavy (non-hydrogen) atoms. The Morgan fingerprint density at radius 1 is 1.32 bits per heavy atom. The Kier molecular flexibility index (Phi) is 3.99. The molecule has 0 aliphatic carbocycles. The fourth-order valence-electron chi connectivity index (χ4n) is 2.33. The summed E-state index contributed by atoms with van der Waals surface area (Å²) in [7, 11) is 1.43. The number of benzene rings is 1. The van der Waals surface area contributed by atoms with Gasteiger partial charge in [-0.05, 0) is 5.56 Å². The largest absolute Gasteiger partial charge is 0.451 e. The number of halogens is 3. The van der Waals surface area contributed by atoms with Crippen molar-refractivity contribution in [2.45, 2.75) is 12.7 Å². The molecule has 0 spiro atoms. The Hall–Kier alpha value is -3.24. The van der Waals surface area contributed by atoms with Crippen LogP contribution in [0.15, 0.2) is 30.6 Å². The summed E-state index contributed by atoms with van der Waals surface area (Å²) in [6, 6.07) is 5.81. The number of rotatable bonds is 4. The molecule has 3 rings (SSSR count). The molecule has 130 valence electrons. The van der Waals surface area contributed by atoms with Crippen molar-refractivity contribution in [2.75, 3.05) is 12.4 Å². The molecule has 0 aliphatic rings. The van der Waals surface area contributed by atoms with Crippen LogP contribution < -0.4 is 5.32 Å². The highest BCUT2D eigenvalue weighted by atomic mass is 19.4. The predicted molar refractivity (Wildman–Crippen MR) is 82.1 cm³/mol. The van der Waals surface area contributed by atoms with Crippen molar-refractivity contribution in [3.8, 4) is 0 Å². The zero-order chi connectivity index (χ0) is 18.2. The van der Waals surface area contributed by atoms with E-state index in [0.717, 1.165) is 0 Å². The van der Waals surface area contributed by atoms with Gasteiger partial charge in [-0.2, -0.15) is 13.2 Å². The third kappa shape index (κ3) is 3.20. The summed E-state index contributed by atoms with van der Waals surface area (Å²) in [6.07, 6.45) is -3.39. The Labute approximate surface area is 138 Å². The van der Waals surface area contributed by atoms with E-state index in [1.54, 1.807) is 6.07 Å². The summed E-state index contributed by atoms with van der Waals surface area (Å²) in [5, 5.41) is 13.4. The van der Waals surface area contributed by atoms with E-state index in [9.17, 15) is 23.3 Å². The predicted octanol–water partition coefficient (Wildman–Crippen LogP) is 2.84. The van der Waals surface area contributed by atoms with Gasteiger partial charge >= 0.3 is 6.18 Å². The molecule has 8 nitrogen and oxygen atoms in total. The van der Waals surface area contributed by atoms with Crippen molar-refractivity contribution in [1.29, 1.82) is 0 Å². The molecule has 0 atom stereocenters. The Bertz CT molecular complexity index is 953. The average molecular weight is 352 g/mol. The van der Waals surface area contributed by atoms with E-state index < -0.39 is 16.9 Å². The molecule has 0 bridgehead atoms. The van der Waals surface area contributed by atoms with Crippen LogP contribution in [0.4, 0.5) is 24.7 Å². The molecule has 2 heterocycles. The minimum absolute atomic E-state index is 0.0156. The molecule has 0 amide bonds. The lowest BCUT2D eigenvalue weighted by Gasteiger charge is -2.09. The van der Waals surface area contributed by atoms with Crippen molar-refractivity contribution in [3.63, 3.8) is 0 Å². The number of non-ortho nitro benzene ring substituents is 1. The first-order chi connectivity index (χ1) is 11.8. The van der Waals surface area contributed by atoms with Crippen LogP contribution in [0.1, 0.15) is 11.4 Å². The van der Waals surface area contributed by atoms with Gasteiger partial charge in [-0.15, -0.1) is 0 Å². The highest BCUT2D eigenvalue weighted by Gasteiger charge is 2.36. The number of nitro benzene ring substituents is 1. The quantitative estimate of drug-likeness (QED) is 0.573. The van der Waals surface area contributed by atoms with Crippen LogP contribution in [0.5, 0.6) is 0 Å². The lowest BCUT2D eigenvalue weighted by Crippen LogP contribution is -2.13. The van der Waals surface area contributed by atoms with Crippen LogP contribution in [0.3, 0.4) is 0 Å². The number of alkyl halides is 3. The third-order valence-electron chi connectivity index (χ3n) is 3.43. The van der Waals surface area contributed by atoms with Gasteiger partial charge < -0.3 is 9.88 Å². The summed E-state index contributed by atoms with van der Waals surface area (Å²) < 4.78 is 40.3. The highest BCUT2D eigenvalue weighted by Crippen LogP contribution is 2.30. The number of aromatic nitrogens is 4. The highest BCUT2D eigenvalue weighted by molar-refractivity contribution is 5.83. The normalized spacial score (nSPS) is 11.7. The lowest BCUT2D eigenvalue weighted by molar-refractivity contribution is -0.384. The van der Waals surface area contributed by atoms with Crippen molar-refractivity contribution in [2.24, 2.45) is 0 Å². The lowest BCUT2D eigenvalue weighted by atomic mass is 10.2. The van der Waals surface area contributed by atoms with Crippen LogP contribution in [-0.4, -0.2) is 31.5 Å². The Balaban J connectivity index is 2.08. The Morgan fingerprint density at radius 3 is 2.72 bits per heavy atom. The van der Waals surface area contributed by atoms with Crippen LogP contribution in [0, 0.1) is 10.1 Å². The van der Waals surface area contributed by atoms with Gasteiger partial charge in [0.05, 0.1) is 17.8 Å². The van der Waals surface area contributed by atoms with Gasteiger partial charge in [0, 0.05) is 19.2 Å². The van der Waals surface area contributed by atoms with Gasteiger partial charge in [-0.25, -0.2) is 15.0 Å². The van der Waals surface area contributed by atoms with Crippen molar-refractivity contribution < 1.29 is 18.1 Å². The maximum atomic E-state index is 13.0. The zero-order valence-corrected chi connectivity index (χ0v) is 12.8. The van der Waals surface area contributed by atoms with Crippen molar-refractivity contribution in [1.82, 2.24) is 19.5 Å². The second-order valence-electron chi connectivity index (χ2n) is 5.12. The number of nitrogens with one attached hydrogen (secondary N) is 1. The molecule has 0 unspecified atom stereocenters. The molecule has 0 radical (unpaired) electrons. The van der Waals surface area contributed by atoms with E-state index in [4.69, 9.17) is 0 Å². The SMILES string of the molecule is CNc1nc(C(F)(F)F)nc2c1ncn2Cc1cccc([N+](=O)[O-])c1. The van der Waals surface area contributed by atoms with E-state index in [1.807, 2.05) is 0 Å². The average Bonchev–Trinajstić information content (AvgIpc) is 2.96. The first kappa shape index (κ1) is 16.6. The molecule has 1 aromatic carbocycles. The minimum Gasteiger partial charge on any atom is -0.371 e. The first-order valence-electron chi connectivity index (χ1n) is 7.00. The number of nitrogens with zero attached hydrogens (tertiary/aromatic N) is 5. The molecular weight excluding hydrogens is 341 g/mol. The molecule has 2 aromatic heterocycles. The number of hydrogen-bond donors (Lipinski definition) is 1. The summed E-state index contributed by atoms with van der Waals surface area (Å²) in [4.78, 5) is 21.3. The summed E-state index contributed by atoms with van der Waals surface area (Å²) >= 11 is 0. The van der Waals surface area contributed by atoms with Crippen LogP contribution in [0.25, 0.3) is 11.2 Å². The number of imidazole rings is 1. The van der Waals surface area contributed by atoms with Gasteiger partial charge in [-0.1, -0.05) is 12.1 Å². The van der Waals surface area contributed by atoms with Gasteiger partial charge in [0.2, 0.25) is 5.82 Å². The fraction of sp³-hybridized carbons (Fsp3) is 0.214. The third-order valence-corrected chi connectivity index (χ3v) is 3.43. The molecule has 11 heteroatoms. The maximum Gasteiger partial charge on any atom is 0.451 e. The van der Waals surface area contributed by atoms with Crippen molar-refractivity contribution >= 4 is 22.7 Å². The van der Waals surface area contributed by atoms with Crippen LogP contribution in [0.2, 0.25) is 0 Å². The fourth-order valence-corrected chi connectivity index (χ4v) is 2.33. The smallest absolute Gasteiger partial charge is 0.371 e. The first-order valence-corrected chi connectivity index (χ1v) is 7.00. The number of nitro groups is 1. The molecule has 0 fully saturated rings. The van der Waals surface area contributed by atoms with Crippen LogP contribution in [-0.2, 0) is 12.7 Å². The van der Waals surface area contributed by atoms with E-state index in [1.165, 1.54) is 36.1 Å². The maximum absolute atomic E-state index is 13.0. The van der Waals surface area contributed by atoms with Gasteiger partial charge in [-0.3, -0.25) is 10.1 Å². The van der Waals surface area contributed by atoms with E-state index in [2.05, 4.69) is 20.3 Å². The number of fused-ring (bicyclic) bond motifs is 1. The standard InChI is InChI=1S/C14H11F3N6O2/c1-18-11-10-12(21-13(20-11)14(15,16)17)22(7-19-10)6-8-3-2-4-9(5-8)23(24)25/h2-5,7H,6H2,1H3,(H,18,20,21). The minimum atomic E-state index is -4.71. The van der Waals surface area contributed by atoms with Gasteiger partial charge in [0.25, 0.3) is 5.69 Å². The number of anilines is 1. The van der Waals surface area contributed by atoms with E-state index in [-0.39, 0.29) is 29.2 Å². The monoisotopic (exact) mass is 352 g/mol.